The molecule has 5 heteroatoms. The van der Waals surface area contributed by atoms with E-state index in [1.165, 1.54) is 0 Å². The lowest BCUT2D eigenvalue weighted by Gasteiger charge is -2.10. The molecule has 5 nitrogen and oxygen atoms in total. The van der Waals surface area contributed by atoms with Crippen molar-refractivity contribution in [2.45, 2.75) is 13.0 Å². The smallest absolute Gasteiger partial charge is 0.227 e. The number of methoxy groups -OCH3 is 1. The van der Waals surface area contributed by atoms with Gasteiger partial charge in [0, 0.05) is 18.3 Å². The van der Waals surface area contributed by atoms with Crippen LogP contribution in [0.5, 0.6) is 11.5 Å². The van der Waals surface area contributed by atoms with Gasteiger partial charge < -0.3 is 20.5 Å². The van der Waals surface area contributed by atoms with Gasteiger partial charge in [-0.2, -0.15) is 0 Å². The van der Waals surface area contributed by atoms with Gasteiger partial charge in [0.1, 0.15) is 11.5 Å². The molecule has 2 aromatic rings. The zero-order valence-electron chi connectivity index (χ0n) is 12.5. The summed E-state index contributed by atoms with van der Waals surface area (Å²) in [7, 11) is 1.60. The second-order valence-electron chi connectivity index (χ2n) is 4.69. The minimum absolute atomic E-state index is 0.108. The van der Waals surface area contributed by atoms with Gasteiger partial charge in [0.2, 0.25) is 5.91 Å². The van der Waals surface area contributed by atoms with Gasteiger partial charge in [-0.3, -0.25) is 4.79 Å². The molecule has 0 bridgehead atoms. The quantitative estimate of drug-likeness (QED) is 0.824. The summed E-state index contributed by atoms with van der Waals surface area (Å²) >= 11 is 0. The summed E-state index contributed by atoms with van der Waals surface area (Å²) in [6, 6.07) is 14.8. The molecular weight excluding hydrogens is 280 g/mol. The molecule has 3 N–H and O–H groups in total. The van der Waals surface area contributed by atoms with Gasteiger partial charge in [-0.25, -0.2) is 0 Å². The highest BCUT2D eigenvalue weighted by Gasteiger charge is 2.06. The first kappa shape index (κ1) is 15.9. The van der Waals surface area contributed by atoms with E-state index in [0.717, 1.165) is 17.0 Å². The molecule has 0 aliphatic heterocycles. The number of rotatable bonds is 7. The summed E-state index contributed by atoms with van der Waals surface area (Å²) in [5, 5.41) is 2.85. The van der Waals surface area contributed by atoms with Gasteiger partial charge in [0.15, 0.2) is 0 Å². The molecule has 0 radical (unpaired) electrons. The van der Waals surface area contributed by atoms with E-state index in [1.54, 1.807) is 13.2 Å². The second-order valence-corrected chi connectivity index (χ2v) is 4.69. The third kappa shape index (κ3) is 4.49. The van der Waals surface area contributed by atoms with Crippen molar-refractivity contribution in [2.24, 2.45) is 5.73 Å². The number of nitrogens with two attached hydrogens (primary N) is 1. The third-order valence-electron chi connectivity index (χ3n) is 3.15. The SMILES string of the molecule is COc1cccc(OCCC(=O)Nc2ccccc2CN)c1. The Labute approximate surface area is 130 Å². The van der Waals surface area contributed by atoms with E-state index < -0.39 is 0 Å². The fourth-order valence-electron chi connectivity index (χ4n) is 1.99. The van der Waals surface area contributed by atoms with Crippen LogP contribution in [0.3, 0.4) is 0 Å². The van der Waals surface area contributed by atoms with E-state index in [0.29, 0.717) is 18.9 Å². The highest BCUT2D eigenvalue weighted by atomic mass is 16.5. The summed E-state index contributed by atoms with van der Waals surface area (Å²) in [6.07, 6.45) is 0.260. The fourth-order valence-corrected chi connectivity index (χ4v) is 1.99. The maximum Gasteiger partial charge on any atom is 0.227 e. The van der Waals surface area contributed by atoms with Crippen molar-refractivity contribution in [1.29, 1.82) is 0 Å². The lowest BCUT2D eigenvalue weighted by molar-refractivity contribution is -0.116. The van der Waals surface area contributed by atoms with Gasteiger partial charge >= 0.3 is 0 Å². The van der Waals surface area contributed by atoms with Crippen LogP contribution in [0.4, 0.5) is 5.69 Å². The predicted molar refractivity (Wildman–Crippen MR) is 86.1 cm³/mol. The first-order chi connectivity index (χ1) is 10.7. The number of anilines is 1. The van der Waals surface area contributed by atoms with Crippen LogP contribution in [-0.2, 0) is 11.3 Å². The highest BCUT2D eigenvalue weighted by molar-refractivity contribution is 5.91. The monoisotopic (exact) mass is 300 g/mol. The van der Waals surface area contributed by atoms with Crippen LogP contribution in [0.1, 0.15) is 12.0 Å². The van der Waals surface area contributed by atoms with E-state index >= 15 is 0 Å². The van der Waals surface area contributed by atoms with E-state index in [9.17, 15) is 4.79 Å². The Morgan fingerprint density at radius 1 is 1.14 bits per heavy atom. The van der Waals surface area contributed by atoms with E-state index in [-0.39, 0.29) is 12.3 Å². The molecule has 0 atom stereocenters. The van der Waals surface area contributed by atoms with Crippen LogP contribution in [-0.4, -0.2) is 19.6 Å². The lowest BCUT2D eigenvalue weighted by atomic mass is 10.2. The minimum atomic E-state index is -0.108. The van der Waals surface area contributed by atoms with Crippen LogP contribution < -0.4 is 20.5 Å². The Balaban J connectivity index is 1.82. The summed E-state index contributed by atoms with van der Waals surface area (Å²) in [5.74, 6) is 1.29. The van der Waals surface area contributed by atoms with Crippen molar-refractivity contribution in [3.8, 4) is 11.5 Å². The Bertz CT molecular complexity index is 629. The van der Waals surface area contributed by atoms with Crippen LogP contribution in [0, 0.1) is 0 Å². The number of carbonyl (C=O) groups is 1. The van der Waals surface area contributed by atoms with Gasteiger partial charge in [-0.1, -0.05) is 24.3 Å². The molecule has 0 saturated carbocycles. The normalized spacial score (nSPS) is 10.1. The molecule has 0 aromatic heterocycles. The number of ether oxygens (including phenoxy) is 2. The van der Waals surface area contributed by atoms with Crippen molar-refractivity contribution < 1.29 is 14.3 Å². The van der Waals surface area contributed by atoms with Crippen LogP contribution in [0.25, 0.3) is 0 Å². The molecule has 22 heavy (non-hydrogen) atoms. The third-order valence-corrected chi connectivity index (χ3v) is 3.15. The average Bonchev–Trinajstić information content (AvgIpc) is 2.55. The molecule has 0 fully saturated rings. The molecule has 0 heterocycles. The molecular formula is C17H20N2O3. The number of hydrogen-bond donors (Lipinski definition) is 2. The van der Waals surface area contributed by atoms with Crippen molar-refractivity contribution in [1.82, 2.24) is 0 Å². The Kier molecular flexibility index (Phi) is 5.80. The molecule has 0 aliphatic rings. The number of carbonyl (C=O) groups excluding carboxylic acids is 1. The standard InChI is InChI=1S/C17H20N2O3/c1-21-14-6-4-7-15(11-14)22-10-9-17(20)19-16-8-3-2-5-13(16)12-18/h2-8,11H,9-10,12,18H2,1H3,(H,19,20). The molecule has 2 rings (SSSR count). The average molecular weight is 300 g/mol. The number of benzene rings is 2. The van der Waals surface area contributed by atoms with Crippen molar-refractivity contribution in [2.75, 3.05) is 19.0 Å². The van der Waals surface area contributed by atoms with E-state index in [4.69, 9.17) is 15.2 Å². The van der Waals surface area contributed by atoms with Crippen molar-refractivity contribution in [3.05, 3.63) is 54.1 Å². The largest absolute Gasteiger partial charge is 0.497 e. The molecule has 0 saturated heterocycles. The van der Waals surface area contributed by atoms with Crippen LogP contribution in [0.15, 0.2) is 48.5 Å². The first-order valence-electron chi connectivity index (χ1n) is 7.07. The van der Waals surface area contributed by atoms with Crippen molar-refractivity contribution >= 4 is 11.6 Å². The molecule has 1 amide bonds. The number of nitrogens with one attached hydrogen (secondary N) is 1. The van der Waals surface area contributed by atoms with Gasteiger partial charge in [-0.15, -0.1) is 0 Å². The molecule has 0 spiro atoms. The summed E-state index contributed by atoms with van der Waals surface area (Å²) < 4.78 is 10.7. The zero-order chi connectivity index (χ0) is 15.8. The van der Waals surface area contributed by atoms with Gasteiger partial charge in [-0.05, 0) is 23.8 Å². The Hall–Kier alpha value is -2.53. The minimum Gasteiger partial charge on any atom is -0.497 e. The van der Waals surface area contributed by atoms with Crippen molar-refractivity contribution in [3.63, 3.8) is 0 Å². The summed E-state index contributed by atoms with van der Waals surface area (Å²) in [5.41, 5.74) is 7.30. The van der Waals surface area contributed by atoms with E-state index in [1.807, 2.05) is 42.5 Å². The molecule has 2 aromatic carbocycles. The fraction of sp³-hybridized carbons (Fsp3) is 0.235. The topological polar surface area (TPSA) is 73.6 Å². The number of para-hydroxylation sites is 1. The zero-order valence-corrected chi connectivity index (χ0v) is 12.5. The Morgan fingerprint density at radius 2 is 1.91 bits per heavy atom. The first-order valence-corrected chi connectivity index (χ1v) is 7.07. The maximum absolute atomic E-state index is 11.9. The van der Waals surface area contributed by atoms with Crippen LogP contribution in [0.2, 0.25) is 0 Å². The summed E-state index contributed by atoms with van der Waals surface area (Å²) in [4.78, 5) is 11.9. The highest BCUT2D eigenvalue weighted by Crippen LogP contribution is 2.19. The molecule has 0 aliphatic carbocycles. The molecule has 116 valence electrons. The maximum atomic E-state index is 11.9. The lowest BCUT2D eigenvalue weighted by Crippen LogP contribution is -2.16. The second kappa shape index (κ2) is 8.05. The molecule has 0 unspecified atom stereocenters. The van der Waals surface area contributed by atoms with Gasteiger partial charge in [0.25, 0.3) is 0 Å². The number of amides is 1. The predicted octanol–water partition coefficient (Wildman–Crippen LogP) is 2.56. The Morgan fingerprint density at radius 3 is 2.68 bits per heavy atom. The summed E-state index contributed by atoms with van der Waals surface area (Å²) in [6.45, 7) is 0.681. The van der Waals surface area contributed by atoms with Crippen LogP contribution >= 0.6 is 0 Å². The number of hydrogen-bond acceptors (Lipinski definition) is 4. The van der Waals surface area contributed by atoms with Gasteiger partial charge in [0.05, 0.1) is 20.1 Å². The van der Waals surface area contributed by atoms with E-state index in [2.05, 4.69) is 5.32 Å².